The summed E-state index contributed by atoms with van der Waals surface area (Å²) in [5.74, 6) is -0.496. The van der Waals surface area contributed by atoms with Crippen LogP contribution in [0.1, 0.15) is 55.2 Å². The molecule has 0 unspecified atom stereocenters. The lowest BCUT2D eigenvalue weighted by Gasteiger charge is -2.11. The van der Waals surface area contributed by atoms with E-state index >= 15 is 0 Å². The second-order valence-electron chi connectivity index (χ2n) is 4.68. The van der Waals surface area contributed by atoms with Gasteiger partial charge < -0.3 is 4.74 Å². The summed E-state index contributed by atoms with van der Waals surface area (Å²) in [5.41, 5.74) is -0.791. The third-order valence-electron chi connectivity index (χ3n) is 3.35. The van der Waals surface area contributed by atoms with E-state index in [9.17, 15) is 13.6 Å². The Morgan fingerprint density at radius 1 is 1.47 bits per heavy atom. The van der Waals surface area contributed by atoms with Crippen molar-refractivity contribution in [2.75, 3.05) is 6.61 Å². The van der Waals surface area contributed by atoms with Crippen molar-refractivity contribution in [1.82, 2.24) is 15.0 Å². The number of halogens is 2. The quantitative estimate of drug-likeness (QED) is 0.774. The van der Waals surface area contributed by atoms with Crippen LogP contribution in [-0.4, -0.2) is 27.6 Å². The molecule has 0 radical (unpaired) electrons. The van der Waals surface area contributed by atoms with Crippen LogP contribution in [0.5, 0.6) is 0 Å². The number of aromatic nitrogens is 3. The number of carbonyl (C=O) groups excluding carboxylic acids is 1. The van der Waals surface area contributed by atoms with Gasteiger partial charge in [0.1, 0.15) is 5.69 Å². The third-order valence-corrected chi connectivity index (χ3v) is 3.35. The first-order chi connectivity index (χ1) is 9.13. The minimum Gasteiger partial charge on any atom is -0.461 e. The van der Waals surface area contributed by atoms with E-state index in [1.54, 1.807) is 6.92 Å². The normalized spacial score (nSPS) is 16.2. The molecule has 0 N–H and O–H groups in total. The first-order valence-electron chi connectivity index (χ1n) is 6.52. The Morgan fingerprint density at radius 2 is 2.16 bits per heavy atom. The Kier molecular flexibility index (Phi) is 4.44. The van der Waals surface area contributed by atoms with Crippen molar-refractivity contribution in [2.45, 2.75) is 45.6 Å². The van der Waals surface area contributed by atoms with Gasteiger partial charge in [-0.3, -0.25) is 0 Å². The van der Waals surface area contributed by atoms with Crippen molar-refractivity contribution in [3.05, 3.63) is 11.4 Å². The van der Waals surface area contributed by atoms with Crippen LogP contribution in [-0.2, 0) is 11.3 Å². The molecule has 106 valence electrons. The summed E-state index contributed by atoms with van der Waals surface area (Å²) >= 11 is 0. The first-order valence-corrected chi connectivity index (χ1v) is 6.52. The molecule has 1 aromatic rings. The van der Waals surface area contributed by atoms with E-state index in [0.717, 1.165) is 30.4 Å². The standard InChI is InChI=1S/C12H17F2N3O2/c1-2-19-12(18)9-10(11(13)14)17(16-15-9)7-8-5-3-4-6-8/h8,11H,2-7H2,1H3. The van der Waals surface area contributed by atoms with Gasteiger partial charge in [0.05, 0.1) is 6.61 Å². The van der Waals surface area contributed by atoms with Gasteiger partial charge in [-0.2, -0.15) is 0 Å². The zero-order chi connectivity index (χ0) is 13.8. The molecular formula is C12H17F2N3O2. The number of hydrogen-bond acceptors (Lipinski definition) is 4. The number of carbonyl (C=O) groups is 1. The molecule has 2 rings (SSSR count). The van der Waals surface area contributed by atoms with E-state index in [1.807, 2.05) is 0 Å². The van der Waals surface area contributed by atoms with Gasteiger partial charge in [-0.05, 0) is 25.7 Å². The maximum atomic E-state index is 13.1. The SMILES string of the molecule is CCOC(=O)c1nnn(CC2CCCC2)c1C(F)F. The highest BCUT2D eigenvalue weighted by Crippen LogP contribution is 2.28. The van der Waals surface area contributed by atoms with Crippen molar-refractivity contribution in [2.24, 2.45) is 5.92 Å². The number of rotatable bonds is 5. The number of esters is 1. The van der Waals surface area contributed by atoms with Crippen molar-refractivity contribution >= 4 is 5.97 Å². The predicted octanol–water partition coefficient (Wildman–Crippen LogP) is 2.58. The van der Waals surface area contributed by atoms with E-state index in [-0.39, 0.29) is 12.3 Å². The van der Waals surface area contributed by atoms with Crippen molar-refractivity contribution in [1.29, 1.82) is 0 Å². The maximum absolute atomic E-state index is 13.1. The van der Waals surface area contributed by atoms with Gasteiger partial charge in [0.15, 0.2) is 5.69 Å². The molecular weight excluding hydrogens is 256 g/mol. The monoisotopic (exact) mass is 273 g/mol. The Hall–Kier alpha value is -1.53. The lowest BCUT2D eigenvalue weighted by atomic mass is 10.1. The number of nitrogens with zero attached hydrogens (tertiary/aromatic N) is 3. The zero-order valence-electron chi connectivity index (χ0n) is 10.8. The van der Waals surface area contributed by atoms with E-state index in [0.29, 0.717) is 12.5 Å². The lowest BCUT2D eigenvalue weighted by molar-refractivity contribution is 0.0506. The molecule has 0 bridgehead atoms. The highest BCUT2D eigenvalue weighted by molar-refractivity contribution is 5.88. The average molecular weight is 273 g/mol. The average Bonchev–Trinajstić information content (AvgIpc) is 2.99. The number of hydrogen-bond donors (Lipinski definition) is 0. The molecule has 19 heavy (non-hydrogen) atoms. The maximum Gasteiger partial charge on any atom is 0.361 e. The molecule has 1 saturated carbocycles. The minimum absolute atomic E-state index is 0.122. The van der Waals surface area contributed by atoms with Crippen molar-refractivity contribution < 1.29 is 18.3 Å². The second kappa shape index (κ2) is 6.08. The molecule has 5 nitrogen and oxygen atoms in total. The smallest absolute Gasteiger partial charge is 0.361 e. The van der Waals surface area contributed by atoms with E-state index < -0.39 is 18.1 Å². The van der Waals surface area contributed by atoms with Crippen LogP contribution < -0.4 is 0 Å². The van der Waals surface area contributed by atoms with Gasteiger partial charge in [0, 0.05) is 6.54 Å². The van der Waals surface area contributed by atoms with Gasteiger partial charge in [-0.1, -0.05) is 18.1 Å². The molecule has 1 aliphatic carbocycles. The summed E-state index contributed by atoms with van der Waals surface area (Å²) in [7, 11) is 0. The third kappa shape index (κ3) is 3.08. The molecule has 0 spiro atoms. The Morgan fingerprint density at radius 3 is 2.74 bits per heavy atom. The summed E-state index contributed by atoms with van der Waals surface area (Å²) in [6.45, 7) is 2.13. The predicted molar refractivity (Wildman–Crippen MR) is 62.9 cm³/mol. The second-order valence-corrected chi connectivity index (χ2v) is 4.68. The van der Waals surface area contributed by atoms with Crippen LogP contribution in [0.2, 0.25) is 0 Å². The highest BCUT2D eigenvalue weighted by atomic mass is 19.3. The summed E-state index contributed by atoms with van der Waals surface area (Å²) < 4.78 is 32.0. The summed E-state index contributed by atoms with van der Waals surface area (Å²) in [6.07, 6.45) is 1.48. The van der Waals surface area contributed by atoms with Gasteiger partial charge >= 0.3 is 5.97 Å². The zero-order valence-corrected chi connectivity index (χ0v) is 10.8. The van der Waals surface area contributed by atoms with Gasteiger partial charge in [0.2, 0.25) is 0 Å². The Balaban J connectivity index is 2.20. The Bertz CT molecular complexity index is 442. The highest BCUT2D eigenvalue weighted by Gasteiger charge is 2.29. The van der Waals surface area contributed by atoms with Crippen LogP contribution in [0.25, 0.3) is 0 Å². The number of ether oxygens (including phenoxy) is 1. The molecule has 1 fully saturated rings. The van der Waals surface area contributed by atoms with Crippen LogP contribution in [0.4, 0.5) is 8.78 Å². The van der Waals surface area contributed by atoms with Gasteiger partial charge in [-0.25, -0.2) is 18.3 Å². The molecule has 0 atom stereocenters. The van der Waals surface area contributed by atoms with Gasteiger partial charge in [-0.15, -0.1) is 5.10 Å². The number of alkyl halides is 2. The molecule has 7 heteroatoms. The summed E-state index contributed by atoms with van der Waals surface area (Å²) in [6, 6.07) is 0. The van der Waals surface area contributed by atoms with Crippen LogP contribution in [0, 0.1) is 5.92 Å². The minimum atomic E-state index is -2.78. The fourth-order valence-electron chi connectivity index (χ4n) is 2.45. The van der Waals surface area contributed by atoms with E-state index in [1.165, 1.54) is 0 Å². The van der Waals surface area contributed by atoms with Gasteiger partial charge in [0.25, 0.3) is 6.43 Å². The summed E-state index contributed by atoms with van der Waals surface area (Å²) in [5, 5.41) is 7.25. The van der Waals surface area contributed by atoms with Crippen LogP contribution in [0.15, 0.2) is 0 Å². The molecule has 0 saturated heterocycles. The summed E-state index contributed by atoms with van der Waals surface area (Å²) in [4.78, 5) is 11.5. The molecule has 1 heterocycles. The molecule has 1 aromatic heterocycles. The van der Waals surface area contributed by atoms with Crippen molar-refractivity contribution in [3.63, 3.8) is 0 Å². The fourth-order valence-corrected chi connectivity index (χ4v) is 2.45. The molecule has 0 aliphatic heterocycles. The largest absolute Gasteiger partial charge is 0.461 e. The molecule has 0 amide bonds. The molecule has 0 aromatic carbocycles. The Labute approximate surface area is 109 Å². The van der Waals surface area contributed by atoms with Crippen LogP contribution >= 0.6 is 0 Å². The lowest BCUT2D eigenvalue weighted by Crippen LogP contribution is -2.14. The molecule has 1 aliphatic rings. The fraction of sp³-hybridized carbons (Fsp3) is 0.750. The van der Waals surface area contributed by atoms with Crippen molar-refractivity contribution in [3.8, 4) is 0 Å². The van der Waals surface area contributed by atoms with E-state index in [2.05, 4.69) is 10.3 Å². The van der Waals surface area contributed by atoms with E-state index in [4.69, 9.17) is 4.74 Å². The topological polar surface area (TPSA) is 57.0 Å². The first kappa shape index (κ1) is 13.9. The van der Waals surface area contributed by atoms with Crippen LogP contribution in [0.3, 0.4) is 0 Å².